The van der Waals surface area contributed by atoms with Crippen LogP contribution < -0.4 is 15.2 Å². The second kappa shape index (κ2) is 7.61. The first kappa shape index (κ1) is 16.1. The summed E-state index contributed by atoms with van der Waals surface area (Å²) in [4.78, 5) is 0. The molecule has 4 heteroatoms. The van der Waals surface area contributed by atoms with Crippen LogP contribution in [0.5, 0.6) is 11.5 Å². The van der Waals surface area contributed by atoms with E-state index in [-0.39, 0.29) is 18.4 Å². The fourth-order valence-electron chi connectivity index (χ4n) is 2.84. The minimum absolute atomic E-state index is 0. The lowest BCUT2D eigenvalue weighted by atomic mass is 9.81. The highest BCUT2D eigenvalue weighted by molar-refractivity contribution is 5.85. The van der Waals surface area contributed by atoms with Crippen molar-refractivity contribution in [1.29, 1.82) is 0 Å². The molecular weight excluding hydrogens is 262 g/mol. The third-order valence-electron chi connectivity index (χ3n) is 3.96. The average molecular weight is 286 g/mol. The van der Waals surface area contributed by atoms with Crippen molar-refractivity contribution in [3.05, 3.63) is 23.8 Å². The maximum atomic E-state index is 6.42. The van der Waals surface area contributed by atoms with E-state index < -0.39 is 0 Å². The van der Waals surface area contributed by atoms with Crippen molar-refractivity contribution in [2.75, 3.05) is 14.2 Å². The fraction of sp³-hybridized carbons (Fsp3) is 0.600. The minimum atomic E-state index is 0. The van der Waals surface area contributed by atoms with Crippen molar-refractivity contribution in [2.45, 2.75) is 38.1 Å². The SMILES string of the molecule is COc1ccc([C@@H](N)C2CCCCC2)c(OC)c1.Cl. The van der Waals surface area contributed by atoms with Crippen molar-refractivity contribution < 1.29 is 9.47 Å². The van der Waals surface area contributed by atoms with Gasteiger partial charge in [0.05, 0.1) is 14.2 Å². The Morgan fingerprint density at radius 3 is 2.37 bits per heavy atom. The molecule has 1 fully saturated rings. The van der Waals surface area contributed by atoms with Crippen LogP contribution in [-0.4, -0.2) is 14.2 Å². The molecule has 0 unspecified atom stereocenters. The Balaban J connectivity index is 0.00000180. The van der Waals surface area contributed by atoms with Crippen LogP contribution in [0.3, 0.4) is 0 Å². The summed E-state index contributed by atoms with van der Waals surface area (Å²) in [5, 5.41) is 0. The number of benzene rings is 1. The molecule has 0 aromatic heterocycles. The van der Waals surface area contributed by atoms with E-state index in [2.05, 4.69) is 0 Å². The Labute approximate surface area is 121 Å². The number of ether oxygens (including phenoxy) is 2. The summed E-state index contributed by atoms with van der Waals surface area (Å²) in [7, 11) is 3.35. The zero-order valence-electron chi connectivity index (χ0n) is 11.7. The van der Waals surface area contributed by atoms with E-state index in [4.69, 9.17) is 15.2 Å². The molecule has 0 heterocycles. The van der Waals surface area contributed by atoms with Gasteiger partial charge in [0.15, 0.2) is 0 Å². The molecule has 19 heavy (non-hydrogen) atoms. The van der Waals surface area contributed by atoms with Crippen molar-refractivity contribution in [3.8, 4) is 11.5 Å². The maximum Gasteiger partial charge on any atom is 0.127 e. The number of halogens is 1. The van der Waals surface area contributed by atoms with E-state index in [0.29, 0.717) is 5.92 Å². The van der Waals surface area contributed by atoms with E-state index >= 15 is 0 Å². The molecule has 3 nitrogen and oxygen atoms in total. The minimum Gasteiger partial charge on any atom is -0.497 e. The van der Waals surface area contributed by atoms with Gasteiger partial charge < -0.3 is 15.2 Å². The standard InChI is InChI=1S/C15H23NO2.ClH/c1-17-12-8-9-13(14(10-12)18-2)15(16)11-6-4-3-5-7-11;/h8-11,15H,3-7,16H2,1-2H3;1H/t15-;/m0./s1. The molecule has 0 bridgehead atoms. The Morgan fingerprint density at radius 2 is 1.79 bits per heavy atom. The molecule has 0 radical (unpaired) electrons. The van der Waals surface area contributed by atoms with E-state index in [9.17, 15) is 0 Å². The Morgan fingerprint density at radius 1 is 1.11 bits per heavy atom. The molecule has 2 rings (SSSR count). The maximum absolute atomic E-state index is 6.42. The molecule has 1 aromatic rings. The Bertz CT molecular complexity index is 392. The van der Waals surface area contributed by atoms with Crippen LogP contribution in [0.15, 0.2) is 18.2 Å². The van der Waals surface area contributed by atoms with Gasteiger partial charge in [0.2, 0.25) is 0 Å². The van der Waals surface area contributed by atoms with Gasteiger partial charge >= 0.3 is 0 Å². The lowest BCUT2D eigenvalue weighted by Crippen LogP contribution is -2.24. The molecule has 1 atom stereocenters. The Kier molecular flexibility index (Phi) is 6.46. The highest BCUT2D eigenvalue weighted by atomic mass is 35.5. The lowest BCUT2D eigenvalue weighted by Gasteiger charge is -2.28. The van der Waals surface area contributed by atoms with Crippen molar-refractivity contribution in [2.24, 2.45) is 11.7 Å². The molecule has 2 N–H and O–H groups in total. The van der Waals surface area contributed by atoms with Gasteiger partial charge in [-0.2, -0.15) is 0 Å². The summed E-state index contributed by atoms with van der Waals surface area (Å²) in [6.07, 6.45) is 6.42. The van der Waals surface area contributed by atoms with Gasteiger partial charge in [-0.05, 0) is 24.8 Å². The summed E-state index contributed by atoms with van der Waals surface area (Å²) < 4.78 is 10.7. The molecule has 0 amide bonds. The molecule has 0 saturated heterocycles. The summed E-state index contributed by atoms with van der Waals surface area (Å²) in [5.41, 5.74) is 7.52. The number of nitrogens with two attached hydrogens (primary N) is 1. The van der Waals surface area contributed by atoms with Gasteiger partial charge in [-0.3, -0.25) is 0 Å². The van der Waals surface area contributed by atoms with Crippen LogP contribution in [0.25, 0.3) is 0 Å². The van der Waals surface area contributed by atoms with Crippen molar-refractivity contribution >= 4 is 12.4 Å². The summed E-state index contributed by atoms with van der Waals surface area (Å²) in [6.45, 7) is 0. The molecule has 1 aromatic carbocycles. The average Bonchev–Trinajstić information content (AvgIpc) is 2.46. The van der Waals surface area contributed by atoms with Gasteiger partial charge in [-0.25, -0.2) is 0 Å². The van der Waals surface area contributed by atoms with Crippen LogP contribution in [-0.2, 0) is 0 Å². The molecule has 1 aliphatic rings. The Hall–Kier alpha value is -0.930. The van der Waals surface area contributed by atoms with E-state index in [1.165, 1.54) is 32.1 Å². The number of rotatable bonds is 4. The molecule has 0 spiro atoms. The first-order chi connectivity index (χ1) is 8.76. The first-order valence-electron chi connectivity index (χ1n) is 6.73. The number of hydrogen-bond acceptors (Lipinski definition) is 3. The normalized spacial score (nSPS) is 17.4. The molecule has 1 aliphatic carbocycles. The second-order valence-corrected chi connectivity index (χ2v) is 5.03. The first-order valence-corrected chi connectivity index (χ1v) is 6.73. The fourth-order valence-corrected chi connectivity index (χ4v) is 2.84. The van der Waals surface area contributed by atoms with E-state index in [0.717, 1.165) is 17.1 Å². The summed E-state index contributed by atoms with van der Waals surface area (Å²) in [5.74, 6) is 2.24. The van der Waals surface area contributed by atoms with Gasteiger partial charge in [-0.1, -0.05) is 25.3 Å². The number of hydrogen-bond donors (Lipinski definition) is 1. The molecule has 1 saturated carbocycles. The predicted octanol–water partition coefficient (Wildman–Crippen LogP) is 3.71. The lowest BCUT2D eigenvalue weighted by molar-refractivity contribution is 0.300. The van der Waals surface area contributed by atoms with Crippen LogP contribution in [0.2, 0.25) is 0 Å². The van der Waals surface area contributed by atoms with E-state index in [1.54, 1.807) is 14.2 Å². The number of methoxy groups -OCH3 is 2. The van der Waals surface area contributed by atoms with Crippen molar-refractivity contribution in [1.82, 2.24) is 0 Å². The topological polar surface area (TPSA) is 44.5 Å². The third-order valence-corrected chi connectivity index (χ3v) is 3.96. The van der Waals surface area contributed by atoms with Crippen LogP contribution in [0, 0.1) is 5.92 Å². The largest absolute Gasteiger partial charge is 0.497 e. The summed E-state index contributed by atoms with van der Waals surface area (Å²) >= 11 is 0. The highest BCUT2D eigenvalue weighted by Crippen LogP contribution is 2.37. The van der Waals surface area contributed by atoms with Crippen LogP contribution in [0.4, 0.5) is 0 Å². The quantitative estimate of drug-likeness (QED) is 0.917. The molecular formula is C15H24ClNO2. The van der Waals surface area contributed by atoms with Gasteiger partial charge in [-0.15, -0.1) is 12.4 Å². The molecule has 108 valence electrons. The van der Waals surface area contributed by atoms with E-state index in [1.807, 2.05) is 18.2 Å². The van der Waals surface area contributed by atoms with Crippen LogP contribution >= 0.6 is 12.4 Å². The zero-order chi connectivity index (χ0) is 13.0. The monoisotopic (exact) mass is 285 g/mol. The highest BCUT2D eigenvalue weighted by Gasteiger charge is 2.24. The van der Waals surface area contributed by atoms with Gasteiger partial charge in [0.1, 0.15) is 11.5 Å². The smallest absolute Gasteiger partial charge is 0.127 e. The van der Waals surface area contributed by atoms with Crippen molar-refractivity contribution in [3.63, 3.8) is 0 Å². The summed E-state index contributed by atoms with van der Waals surface area (Å²) in [6, 6.07) is 5.99. The van der Waals surface area contributed by atoms with Gasteiger partial charge in [0.25, 0.3) is 0 Å². The molecule has 0 aliphatic heterocycles. The third kappa shape index (κ3) is 3.77. The van der Waals surface area contributed by atoms with Crippen LogP contribution in [0.1, 0.15) is 43.7 Å². The second-order valence-electron chi connectivity index (χ2n) is 5.03. The zero-order valence-corrected chi connectivity index (χ0v) is 12.5. The van der Waals surface area contributed by atoms with Gasteiger partial charge in [0, 0.05) is 17.7 Å². The predicted molar refractivity (Wildman–Crippen MR) is 80.3 cm³/mol.